The lowest BCUT2D eigenvalue weighted by Crippen LogP contribution is -2.45. The molecule has 0 aromatic rings. The van der Waals surface area contributed by atoms with Gasteiger partial charge in [0.25, 0.3) is 0 Å². The summed E-state index contributed by atoms with van der Waals surface area (Å²) in [7, 11) is 0. The first-order valence-electron chi connectivity index (χ1n) is 6.25. The second-order valence-electron chi connectivity index (χ2n) is 4.65. The Morgan fingerprint density at radius 3 is 3.00 bits per heavy atom. The fraction of sp³-hybridized carbons (Fsp3) is 0.917. The van der Waals surface area contributed by atoms with E-state index in [1.165, 1.54) is 0 Å². The molecule has 3 atom stereocenters. The van der Waals surface area contributed by atoms with Gasteiger partial charge in [0.1, 0.15) is 0 Å². The number of hydrogen-bond acceptors (Lipinski definition) is 3. The number of carbonyl (C=O) groups is 1. The molecule has 3 nitrogen and oxygen atoms in total. The monoisotopic (exact) mass is 244 g/mol. The molecule has 0 aromatic carbocycles. The van der Waals surface area contributed by atoms with E-state index < -0.39 is 0 Å². The number of amides is 1. The number of thioether (sulfide) groups is 1. The van der Waals surface area contributed by atoms with Gasteiger partial charge in [-0.1, -0.05) is 6.92 Å². The van der Waals surface area contributed by atoms with Crippen LogP contribution in [-0.2, 0) is 4.79 Å². The zero-order valence-corrected chi connectivity index (χ0v) is 11.4. The lowest BCUT2D eigenvalue weighted by atomic mass is 9.92. The summed E-state index contributed by atoms with van der Waals surface area (Å²) in [6.45, 7) is 7.35. The van der Waals surface area contributed by atoms with Gasteiger partial charge in [-0.25, -0.2) is 0 Å². The topological polar surface area (TPSA) is 41.1 Å². The van der Waals surface area contributed by atoms with Crippen LogP contribution in [0.5, 0.6) is 0 Å². The predicted octanol–water partition coefficient (Wildman–Crippen LogP) is 1.63. The van der Waals surface area contributed by atoms with Gasteiger partial charge in [-0.15, -0.1) is 0 Å². The van der Waals surface area contributed by atoms with Crippen LogP contribution in [0.25, 0.3) is 0 Å². The van der Waals surface area contributed by atoms with Crippen molar-refractivity contribution in [3.63, 3.8) is 0 Å². The third kappa shape index (κ3) is 4.74. The van der Waals surface area contributed by atoms with Crippen LogP contribution in [0.4, 0.5) is 0 Å². The predicted molar refractivity (Wildman–Crippen MR) is 70.8 cm³/mol. The smallest absolute Gasteiger partial charge is 0.223 e. The van der Waals surface area contributed by atoms with Crippen LogP contribution in [0, 0.1) is 5.92 Å². The zero-order chi connectivity index (χ0) is 12.0. The Balaban J connectivity index is 2.27. The van der Waals surface area contributed by atoms with Crippen LogP contribution in [0.1, 0.15) is 33.6 Å². The average Bonchev–Trinajstić information content (AvgIpc) is 2.26. The molecule has 1 rings (SSSR count). The Bertz CT molecular complexity index is 223. The van der Waals surface area contributed by atoms with Crippen LogP contribution in [0.3, 0.4) is 0 Å². The second-order valence-corrected chi connectivity index (χ2v) is 5.96. The maximum atomic E-state index is 12.0. The molecular weight excluding hydrogens is 220 g/mol. The standard InChI is InChI=1S/C12H24N2OS/c1-4-16-8-10(3)14-12(15)11-5-6-13-9(2)7-11/h9-11,13H,4-8H2,1-3H3,(H,14,15). The molecule has 2 N–H and O–H groups in total. The number of hydrogen-bond donors (Lipinski definition) is 2. The molecule has 4 heteroatoms. The molecule has 0 spiro atoms. The van der Waals surface area contributed by atoms with Crippen LogP contribution in [0.2, 0.25) is 0 Å². The molecule has 1 aliphatic rings. The van der Waals surface area contributed by atoms with Gasteiger partial charge >= 0.3 is 0 Å². The molecule has 94 valence electrons. The van der Waals surface area contributed by atoms with Gasteiger partial charge in [0.15, 0.2) is 0 Å². The lowest BCUT2D eigenvalue weighted by Gasteiger charge is -2.28. The number of carbonyl (C=O) groups excluding carboxylic acids is 1. The molecular formula is C12H24N2OS. The first-order chi connectivity index (χ1) is 7.63. The van der Waals surface area contributed by atoms with Crippen molar-refractivity contribution in [2.45, 2.75) is 45.7 Å². The van der Waals surface area contributed by atoms with Gasteiger partial charge < -0.3 is 10.6 Å². The molecule has 1 fully saturated rings. The fourth-order valence-corrected chi connectivity index (χ4v) is 2.74. The van der Waals surface area contributed by atoms with Gasteiger partial charge in [0, 0.05) is 23.8 Å². The van der Waals surface area contributed by atoms with Crippen LogP contribution in [-0.4, -0.2) is 36.0 Å². The SMILES string of the molecule is CCSCC(C)NC(=O)C1CCNC(C)C1. The van der Waals surface area contributed by atoms with E-state index in [2.05, 4.69) is 31.4 Å². The quantitative estimate of drug-likeness (QED) is 0.772. The van der Waals surface area contributed by atoms with Gasteiger partial charge in [-0.05, 0) is 39.0 Å². The Labute approximate surface area is 103 Å². The Hall–Kier alpha value is -0.220. The Morgan fingerprint density at radius 2 is 2.38 bits per heavy atom. The van der Waals surface area contributed by atoms with E-state index in [-0.39, 0.29) is 11.8 Å². The van der Waals surface area contributed by atoms with E-state index >= 15 is 0 Å². The third-order valence-electron chi connectivity index (χ3n) is 2.96. The maximum absolute atomic E-state index is 12.0. The highest BCUT2D eigenvalue weighted by Gasteiger charge is 2.25. The van der Waals surface area contributed by atoms with Gasteiger partial charge in [0.2, 0.25) is 5.91 Å². The summed E-state index contributed by atoms with van der Waals surface area (Å²) in [6, 6.07) is 0.771. The molecule has 3 unspecified atom stereocenters. The van der Waals surface area contributed by atoms with Crippen molar-refractivity contribution in [1.29, 1.82) is 0 Å². The summed E-state index contributed by atoms with van der Waals surface area (Å²) in [4.78, 5) is 12.0. The van der Waals surface area contributed by atoms with E-state index in [1.54, 1.807) is 0 Å². The molecule has 0 aromatic heterocycles. The van der Waals surface area contributed by atoms with E-state index in [0.29, 0.717) is 12.1 Å². The molecule has 1 saturated heterocycles. The minimum Gasteiger partial charge on any atom is -0.353 e. The van der Waals surface area contributed by atoms with Gasteiger partial charge in [-0.2, -0.15) is 11.8 Å². The highest BCUT2D eigenvalue weighted by atomic mass is 32.2. The largest absolute Gasteiger partial charge is 0.353 e. The highest BCUT2D eigenvalue weighted by molar-refractivity contribution is 7.99. The summed E-state index contributed by atoms with van der Waals surface area (Å²) in [6.07, 6.45) is 1.95. The number of rotatable bonds is 5. The number of piperidine rings is 1. The summed E-state index contributed by atoms with van der Waals surface area (Å²) in [5.74, 6) is 2.59. The Morgan fingerprint density at radius 1 is 1.62 bits per heavy atom. The van der Waals surface area contributed by atoms with Crippen molar-refractivity contribution < 1.29 is 4.79 Å². The normalized spacial score (nSPS) is 27.4. The summed E-state index contributed by atoms with van der Waals surface area (Å²) < 4.78 is 0. The molecule has 0 bridgehead atoms. The third-order valence-corrected chi connectivity index (χ3v) is 4.10. The zero-order valence-electron chi connectivity index (χ0n) is 10.6. The van der Waals surface area contributed by atoms with Crippen LogP contribution < -0.4 is 10.6 Å². The minimum absolute atomic E-state index is 0.213. The fourth-order valence-electron chi connectivity index (χ4n) is 2.07. The van der Waals surface area contributed by atoms with Crippen LogP contribution in [0.15, 0.2) is 0 Å². The summed E-state index contributed by atoms with van der Waals surface area (Å²) in [5.41, 5.74) is 0. The van der Waals surface area contributed by atoms with Crippen molar-refractivity contribution in [1.82, 2.24) is 10.6 Å². The van der Waals surface area contributed by atoms with E-state index in [0.717, 1.165) is 30.9 Å². The van der Waals surface area contributed by atoms with Gasteiger partial charge in [-0.3, -0.25) is 4.79 Å². The van der Waals surface area contributed by atoms with Crippen molar-refractivity contribution in [2.75, 3.05) is 18.1 Å². The van der Waals surface area contributed by atoms with E-state index in [4.69, 9.17) is 0 Å². The van der Waals surface area contributed by atoms with Crippen LogP contribution >= 0.6 is 11.8 Å². The van der Waals surface area contributed by atoms with Crippen molar-refractivity contribution in [3.8, 4) is 0 Å². The first-order valence-corrected chi connectivity index (χ1v) is 7.40. The van der Waals surface area contributed by atoms with Crippen molar-refractivity contribution in [3.05, 3.63) is 0 Å². The lowest BCUT2D eigenvalue weighted by molar-refractivity contribution is -0.126. The second kappa shape index (κ2) is 7.17. The highest BCUT2D eigenvalue weighted by Crippen LogP contribution is 2.16. The average molecular weight is 244 g/mol. The van der Waals surface area contributed by atoms with Crippen molar-refractivity contribution in [2.24, 2.45) is 5.92 Å². The molecule has 1 aliphatic heterocycles. The summed E-state index contributed by atoms with van der Waals surface area (Å²) >= 11 is 1.88. The maximum Gasteiger partial charge on any atom is 0.223 e. The number of nitrogens with one attached hydrogen (secondary N) is 2. The summed E-state index contributed by atoms with van der Waals surface area (Å²) in [5, 5.41) is 6.49. The molecule has 0 saturated carbocycles. The van der Waals surface area contributed by atoms with E-state index in [9.17, 15) is 4.79 Å². The van der Waals surface area contributed by atoms with Gasteiger partial charge in [0.05, 0.1) is 0 Å². The Kier molecular flexibility index (Phi) is 6.21. The first kappa shape index (κ1) is 13.8. The van der Waals surface area contributed by atoms with Crippen molar-refractivity contribution >= 4 is 17.7 Å². The molecule has 1 heterocycles. The molecule has 0 aliphatic carbocycles. The molecule has 0 radical (unpaired) electrons. The minimum atomic E-state index is 0.213. The van der Waals surface area contributed by atoms with E-state index in [1.807, 2.05) is 11.8 Å². The molecule has 16 heavy (non-hydrogen) atoms. The molecule has 1 amide bonds.